The molecule has 144 valence electrons. The maximum Gasteiger partial charge on any atom is 0.272 e. The molecule has 0 N–H and O–H groups in total. The van der Waals surface area contributed by atoms with Crippen LogP contribution in [0.2, 0.25) is 0 Å². The van der Waals surface area contributed by atoms with Gasteiger partial charge in [-0.25, -0.2) is 14.4 Å². The number of hydrogen-bond acceptors (Lipinski definition) is 5. The zero-order chi connectivity index (χ0) is 19.4. The van der Waals surface area contributed by atoms with Crippen molar-refractivity contribution in [2.24, 2.45) is 0 Å². The fraction of sp³-hybridized carbons (Fsp3) is 0.450. The zero-order valence-corrected chi connectivity index (χ0v) is 16.2. The maximum atomic E-state index is 13.1. The summed E-state index contributed by atoms with van der Waals surface area (Å²) in [7, 11) is 0. The summed E-state index contributed by atoms with van der Waals surface area (Å²) < 4.78 is 13.1. The van der Waals surface area contributed by atoms with E-state index in [-0.39, 0.29) is 11.7 Å². The van der Waals surface area contributed by atoms with Gasteiger partial charge in [0.05, 0.1) is 0 Å². The average Bonchev–Trinajstić information content (AvgIpc) is 2.69. The van der Waals surface area contributed by atoms with E-state index in [0.29, 0.717) is 37.8 Å². The molecule has 0 radical (unpaired) electrons. The predicted octanol–water partition coefficient (Wildman–Crippen LogP) is 2.73. The Balaban J connectivity index is 1.69. The third-order valence-electron chi connectivity index (χ3n) is 4.87. The number of carbonyl (C=O) groups is 1. The summed E-state index contributed by atoms with van der Waals surface area (Å²) in [5.41, 5.74) is 2.21. The molecule has 1 amide bonds. The van der Waals surface area contributed by atoms with E-state index in [0.717, 1.165) is 24.5 Å². The maximum absolute atomic E-state index is 13.1. The molecule has 1 aromatic heterocycles. The number of anilines is 2. The summed E-state index contributed by atoms with van der Waals surface area (Å²) in [4.78, 5) is 27.9. The summed E-state index contributed by atoms with van der Waals surface area (Å²) in [5, 5.41) is 0. The monoisotopic (exact) mass is 371 g/mol. The number of benzene rings is 1. The van der Waals surface area contributed by atoms with E-state index < -0.39 is 0 Å². The Hall–Kier alpha value is -2.70. The zero-order valence-electron chi connectivity index (χ0n) is 16.2. The molecule has 6 nitrogen and oxygen atoms in total. The second-order valence-electron chi connectivity index (χ2n) is 6.62. The Morgan fingerprint density at radius 3 is 2.30 bits per heavy atom. The van der Waals surface area contributed by atoms with Gasteiger partial charge in [0.2, 0.25) is 5.95 Å². The van der Waals surface area contributed by atoms with E-state index in [1.165, 1.54) is 12.1 Å². The standard InChI is InChI=1S/C20H26FN5O/c1-4-24(5-2)20-22-15(3)14-18(23-20)19(27)26-12-10-25(11-13-26)17-8-6-16(21)7-9-17/h6-9,14H,4-5,10-13H2,1-3H3. The summed E-state index contributed by atoms with van der Waals surface area (Å²) in [6, 6.07) is 8.23. The summed E-state index contributed by atoms with van der Waals surface area (Å²) in [5.74, 6) is 0.302. The van der Waals surface area contributed by atoms with Crippen molar-refractivity contribution in [3.05, 3.63) is 47.5 Å². The fourth-order valence-electron chi connectivity index (χ4n) is 3.29. The number of aromatic nitrogens is 2. The van der Waals surface area contributed by atoms with Gasteiger partial charge in [-0.05, 0) is 51.1 Å². The van der Waals surface area contributed by atoms with Crippen molar-refractivity contribution in [3.63, 3.8) is 0 Å². The number of halogens is 1. The molecule has 0 spiro atoms. The highest BCUT2D eigenvalue weighted by molar-refractivity contribution is 5.92. The first-order chi connectivity index (χ1) is 13.0. The molecule has 0 unspecified atom stereocenters. The Morgan fingerprint density at radius 2 is 1.70 bits per heavy atom. The molecular formula is C20H26FN5O. The first-order valence-corrected chi connectivity index (χ1v) is 9.42. The smallest absolute Gasteiger partial charge is 0.272 e. The fourth-order valence-corrected chi connectivity index (χ4v) is 3.29. The molecule has 0 atom stereocenters. The van der Waals surface area contributed by atoms with Gasteiger partial charge in [-0.15, -0.1) is 0 Å². The highest BCUT2D eigenvalue weighted by Gasteiger charge is 2.24. The predicted molar refractivity (Wildman–Crippen MR) is 105 cm³/mol. The molecule has 1 aromatic carbocycles. The number of hydrogen-bond donors (Lipinski definition) is 0. The molecule has 1 saturated heterocycles. The van der Waals surface area contributed by atoms with Crippen molar-refractivity contribution in [1.82, 2.24) is 14.9 Å². The van der Waals surface area contributed by atoms with Crippen molar-refractivity contribution in [2.75, 3.05) is 49.1 Å². The number of aryl methyl sites for hydroxylation is 1. The quantitative estimate of drug-likeness (QED) is 0.809. The largest absolute Gasteiger partial charge is 0.368 e. The minimum absolute atomic E-state index is 0.0623. The van der Waals surface area contributed by atoms with E-state index in [9.17, 15) is 9.18 Å². The number of rotatable bonds is 5. The number of piperazine rings is 1. The van der Waals surface area contributed by atoms with E-state index in [2.05, 4.69) is 14.9 Å². The highest BCUT2D eigenvalue weighted by atomic mass is 19.1. The minimum atomic E-state index is -0.240. The van der Waals surface area contributed by atoms with Crippen LogP contribution in [-0.4, -0.2) is 60.0 Å². The lowest BCUT2D eigenvalue weighted by atomic mass is 10.2. The lowest BCUT2D eigenvalue weighted by molar-refractivity contribution is 0.0740. The van der Waals surface area contributed by atoms with Crippen LogP contribution in [0.25, 0.3) is 0 Å². The van der Waals surface area contributed by atoms with Gasteiger partial charge in [0.1, 0.15) is 11.5 Å². The third kappa shape index (κ3) is 4.35. The molecule has 3 rings (SSSR count). The Kier molecular flexibility index (Phi) is 5.88. The van der Waals surface area contributed by atoms with Gasteiger partial charge in [0, 0.05) is 50.6 Å². The van der Waals surface area contributed by atoms with Crippen LogP contribution >= 0.6 is 0 Å². The number of carbonyl (C=O) groups excluding carboxylic acids is 1. The molecule has 2 heterocycles. The SMILES string of the molecule is CCN(CC)c1nc(C)cc(C(=O)N2CCN(c3ccc(F)cc3)CC2)n1. The van der Waals surface area contributed by atoms with E-state index in [1.54, 1.807) is 18.2 Å². The first-order valence-electron chi connectivity index (χ1n) is 9.42. The summed E-state index contributed by atoms with van der Waals surface area (Å²) in [6.45, 7) is 10.2. The molecular weight excluding hydrogens is 345 g/mol. The molecule has 0 saturated carbocycles. The second-order valence-corrected chi connectivity index (χ2v) is 6.62. The van der Waals surface area contributed by atoms with Gasteiger partial charge in [0.15, 0.2) is 0 Å². The van der Waals surface area contributed by atoms with Crippen LogP contribution in [0.1, 0.15) is 30.0 Å². The normalized spacial score (nSPS) is 14.4. The van der Waals surface area contributed by atoms with Crippen molar-refractivity contribution < 1.29 is 9.18 Å². The van der Waals surface area contributed by atoms with E-state index in [1.807, 2.05) is 30.6 Å². The first kappa shape index (κ1) is 19.1. The molecule has 1 aliphatic rings. The number of nitrogens with zero attached hydrogens (tertiary/aromatic N) is 5. The lowest BCUT2D eigenvalue weighted by Gasteiger charge is -2.36. The van der Waals surface area contributed by atoms with Crippen LogP contribution in [-0.2, 0) is 0 Å². The van der Waals surface area contributed by atoms with E-state index in [4.69, 9.17) is 0 Å². The van der Waals surface area contributed by atoms with Gasteiger partial charge in [-0.1, -0.05) is 0 Å². The lowest BCUT2D eigenvalue weighted by Crippen LogP contribution is -2.49. The van der Waals surface area contributed by atoms with Gasteiger partial charge in [-0.3, -0.25) is 4.79 Å². The Labute approximate surface area is 159 Å². The van der Waals surface area contributed by atoms with Crippen LogP contribution in [0.4, 0.5) is 16.0 Å². The van der Waals surface area contributed by atoms with Crippen LogP contribution in [0.15, 0.2) is 30.3 Å². The Morgan fingerprint density at radius 1 is 1.07 bits per heavy atom. The van der Waals surface area contributed by atoms with Crippen LogP contribution < -0.4 is 9.80 Å². The molecule has 0 bridgehead atoms. The van der Waals surface area contributed by atoms with E-state index >= 15 is 0 Å². The molecule has 27 heavy (non-hydrogen) atoms. The number of amides is 1. The second kappa shape index (κ2) is 8.33. The summed E-state index contributed by atoms with van der Waals surface area (Å²) in [6.07, 6.45) is 0. The summed E-state index contributed by atoms with van der Waals surface area (Å²) >= 11 is 0. The van der Waals surface area contributed by atoms with Gasteiger partial charge >= 0.3 is 0 Å². The average molecular weight is 371 g/mol. The van der Waals surface area contributed by atoms with Crippen LogP contribution in [0, 0.1) is 12.7 Å². The molecule has 7 heteroatoms. The highest BCUT2D eigenvalue weighted by Crippen LogP contribution is 2.18. The molecule has 0 aliphatic carbocycles. The molecule has 1 fully saturated rings. The topological polar surface area (TPSA) is 52.6 Å². The Bertz CT molecular complexity index is 783. The van der Waals surface area contributed by atoms with Crippen LogP contribution in [0.3, 0.4) is 0 Å². The van der Waals surface area contributed by atoms with Crippen LogP contribution in [0.5, 0.6) is 0 Å². The van der Waals surface area contributed by atoms with Crippen molar-refractivity contribution in [1.29, 1.82) is 0 Å². The third-order valence-corrected chi connectivity index (χ3v) is 4.87. The van der Waals surface area contributed by atoms with Gasteiger partial charge in [-0.2, -0.15) is 0 Å². The van der Waals surface area contributed by atoms with Gasteiger partial charge in [0.25, 0.3) is 5.91 Å². The van der Waals surface area contributed by atoms with Crippen molar-refractivity contribution in [2.45, 2.75) is 20.8 Å². The molecule has 2 aromatic rings. The van der Waals surface area contributed by atoms with Crippen molar-refractivity contribution in [3.8, 4) is 0 Å². The van der Waals surface area contributed by atoms with Gasteiger partial charge < -0.3 is 14.7 Å². The molecule has 1 aliphatic heterocycles. The van der Waals surface area contributed by atoms with Crippen molar-refractivity contribution >= 4 is 17.5 Å². The minimum Gasteiger partial charge on any atom is -0.368 e.